The Bertz CT molecular complexity index is 309. The van der Waals surface area contributed by atoms with Crippen molar-refractivity contribution in [2.75, 3.05) is 11.2 Å². The van der Waals surface area contributed by atoms with Crippen LogP contribution in [0.15, 0.2) is 4.52 Å². The molecule has 1 aromatic rings. The van der Waals surface area contributed by atoms with E-state index in [1.165, 1.54) is 0 Å². The van der Waals surface area contributed by atoms with Crippen LogP contribution in [-0.4, -0.2) is 16.9 Å². The van der Waals surface area contributed by atoms with Crippen LogP contribution in [0.3, 0.4) is 0 Å². The highest BCUT2D eigenvalue weighted by Crippen LogP contribution is 2.19. The first-order valence-electron chi connectivity index (χ1n) is 4.00. The van der Waals surface area contributed by atoms with Crippen molar-refractivity contribution in [2.45, 2.75) is 20.3 Å². The van der Waals surface area contributed by atoms with Crippen LogP contribution >= 0.6 is 11.6 Å². The average Bonchev–Trinajstić information content (AvgIpc) is 2.48. The SMILES string of the molecule is CCc1noc(C)c1NC(=O)CCl. The number of halogens is 1. The van der Waals surface area contributed by atoms with Gasteiger partial charge in [0, 0.05) is 0 Å². The molecule has 5 heteroatoms. The fraction of sp³-hybridized carbons (Fsp3) is 0.500. The second-order valence-electron chi connectivity index (χ2n) is 2.60. The summed E-state index contributed by atoms with van der Waals surface area (Å²) >= 11 is 5.35. The van der Waals surface area contributed by atoms with Gasteiger partial charge in [0.2, 0.25) is 5.91 Å². The highest BCUT2D eigenvalue weighted by atomic mass is 35.5. The van der Waals surface area contributed by atoms with Crippen molar-refractivity contribution in [3.63, 3.8) is 0 Å². The molecule has 1 amide bonds. The smallest absolute Gasteiger partial charge is 0.239 e. The molecule has 1 aromatic heterocycles. The zero-order valence-electron chi connectivity index (χ0n) is 7.56. The van der Waals surface area contributed by atoms with Gasteiger partial charge in [0.05, 0.1) is 0 Å². The molecule has 0 unspecified atom stereocenters. The van der Waals surface area contributed by atoms with Gasteiger partial charge in [0.1, 0.15) is 17.3 Å². The fourth-order valence-electron chi connectivity index (χ4n) is 0.992. The number of nitrogens with zero attached hydrogens (tertiary/aromatic N) is 1. The van der Waals surface area contributed by atoms with Gasteiger partial charge in [-0.1, -0.05) is 12.1 Å². The molecule has 72 valence electrons. The molecule has 0 aliphatic carbocycles. The van der Waals surface area contributed by atoms with Gasteiger partial charge in [0.25, 0.3) is 0 Å². The van der Waals surface area contributed by atoms with Crippen LogP contribution in [-0.2, 0) is 11.2 Å². The summed E-state index contributed by atoms with van der Waals surface area (Å²) in [6, 6.07) is 0. The molecule has 1 N–H and O–H groups in total. The van der Waals surface area contributed by atoms with E-state index in [9.17, 15) is 4.79 Å². The predicted octanol–water partition coefficient (Wildman–Crippen LogP) is 1.72. The van der Waals surface area contributed by atoms with Gasteiger partial charge >= 0.3 is 0 Å². The van der Waals surface area contributed by atoms with Crippen LogP contribution in [0.25, 0.3) is 0 Å². The molecule has 4 nitrogen and oxygen atoms in total. The van der Waals surface area contributed by atoms with Gasteiger partial charge in [-0.2, -0.15) is 0 Å². The molecule has 0 aromatic carbocycles. The second kappa shape index (κ2) is 4.28. The van der Waals surface area contributed by atoms with Crippen molar-refractivity contribution in [1.29, 1.82) is 0 Å². The zero-order valence-corrected chi connectivity index (χ0v) is 8.31. The Morgan fingerprint density at radius 2 is 2.38 bits per heavy atom. The normalized spacial score (nSPS) is 10.1. The number of aryl methyl sites for hydroxylation is 2. The van der Waals surface area contributed by atoms with E-state index < -0.39 is 0 Å². The first-order valence-corrected chi connectivity index (χ1v) is 4.53. The van der Waals surface area contributed by atoms with Gasteiger partial charge < -0.3 is 9.84 Å². The molecule has 0 spiro atoms. The molecule has 0 aliphatic heterocycles. The van der Waals surface area contributed by atoms with Crippen LogP contribution < -0.4 is 5.32 Å². The second-order valence-corrected chi connectivity index (χ2v) is 2.86. The molecule has 13 heavy (non-hydrogen) atoms. The van der Waals surface area contributed by atoms with Gasteiger partial charge in [-0.05, 0) is 13.3 Å². The highest BCUT2D eigenvalue weighted by molar-refractivity contribution is 6.29. The lowest BCUT2D eigenvalue weighted by molar-refractivity contribution is -0.113. The van der Waals surface area contributed by atoms with Crippen molar-refractivity contribution in [3.05, 3.63) is 11.5 Å². The first-order chi connectivity index (χ1) is 6.19. The Balaban J connectivity index is 2.85. The molecule has 0 saturated carbocycles. The molecule has 0 aliphatic rings. The molecule has 0 atom stereocenters. The number of anilines is 1. The maximum Gasteiger partial charge on any atom is 0.239 e. The van der Waals surface area contributed by atoms with E-state index in [-0.39, 0.29) is 11.8 Å². The van der Waals surface area contributed by atoms with Gasteiger partial charge in [-0.15, -0.1) is 11.6 Å². The van der Waals surface area contributed by atoms with Crippen LogP contribution in [0, 0.1) is 6.92 Å². The Labute approximate surface area is 81.2 Å². The summed E-state index contributed by atoms with van der Waals surface area (Å²) in [5.41, 5.74) is 1.39. The third-order valence-electron chi connectivity index (χ3n) is 1.65. The van der Waals surface area contributed by atoms with E-state index >= 15 is 0 Å². The topological polar surface area (TPSA) is 55.1 Å². The van der Waals surface area contributed by atoms with E-state index in [0.717, 1.165) is 12.1 Å². The minimum atomic E-state index is -0.248. The van der Waals surface area contributed by atoms with Crippen molar-refractivity contribution >= 4 is 23.2 Å². The van der Waals surface area contributed by atoms with E-state index in [1.54, 1.807) is 6.92 Å². The Hall–Kier alpha value is -1.03. The summed E-state index contributed by atoms with van der Waals surface area (Å²) in [4.78, 5) is 11.0. The molecule has 0 saturated heterocycles. The summed E-state index contributed by atoms with van der Waals surface area (Å²) in [5.74, 6) is 0.298. The molecular formula is C8H11ClN2O2. The minimum absolute atomic E-state index is 0.0617. The van der Waals surface area contributed by atoms with E-state index in [4.69, 9.17) is 16.1 Å². The van der Waals surface area contributed by atoms with Crippen LogP contribution in [0.2, 0.25) is 0 Å². The minimum Gasteiger partial charge on any atom is -0.359 e. The molecule has 1 heterocycles. The number of carbonyl (C=O) groups is 1. The zero-order chi connectivity index (χ0) is 9.84. The van der Waals surface area contributed by atoms with Crippen molar-refractivity contribution in [1.82, 2.24) is 5.16 Å². The number of amides is 1. The molecule has 1 rings (SSSR count). The van der Waals surface area contributed by atoms with Crippen molar-refractivity contribution in [2.24, 2.45) is 0 Å². The maximum atomic E-state index is 11.0. The van der Waals surface area contributed by atoms with Crippen LogP contribution in [0.1, 0.15) is 18.4 Å². The molecule has 0 bridgehead atoms. The Morgan fingerprint density at radius 3 is 2.92 bits per heavy atom. The third kappa shape index (κ3) is 2.21. The number of hydrogen-bond donors (Lipinski definition) is 1. The number of nitrogens with one attached hydrogen (secondary N) is 1. The number of rotatable bonds is 3. The largest absolute Gasteiger partial charge is 0.359 e. The first kappa shape index (κ1) is 10.1. The lowest BCUT2D eigenvalue weighted by atomic mass is 10.2. The lowest BCUT2D eigenvalue weighted by Crippen LogP contribution is -2.13. The fourth-order valence-corrected chi connectivity index (χ4v) is 1.06. The summed E-state index contributed by atoms with van der Waals surface area (Å²) in [5, 5.41) is 6.42. The van der Waals surface area contributed by atoms with Gasteiger partial charge in [-0.3, -0.25) is 4.79 Å². The van der Waals surface area contributed by atoms with E-state index in [1.807, 2.05) is 6.92 Å². The standard InChI is InChI=1S/C8H11ClN2O2/c1-3-6-8(5(2)13-11-6)10-7(12)4-9/h3-4H2,1-2H3,(H,10,12). The number of alkyl halides is 1. The molecule has 0 radical (unpaired) electrons. The van der Waals surface area contributed by atoms with E-state index in [2.05, 4.69) is 10.5 Å². The molecular weight excluding hydrogens is 192 g/mol. The predicted molar refractivity (Wildman–Crippen MR) is 50.0 cm³/mol. The van der Waals surface area contributed by atoms with Crippen LogP contribution in [0.4, 0.5) is 5.69 Å². The van der Waals surface area contributed by atoms with Crippen molar-refractivity contribution < 1.29 is 9.32 Å². The number of carbonyl (C=O) groups excluding carboxylic acids is 1. The van der Waals surface area contributed by atoms with Gasteiger partial charge in [-0.25, -0.2) is 0 Å². The Morgan fingerprint density at radius 1 is 1.69 bits per heavy atom. The summed E-state index contributed by atoms with van der Waals surface area (Å²) < 4.78 is 4.92. The quantitative estimate of drug-likeness (QED) is 0.760. The number of hydrogen-bond acceptors (Lipinski definition) is 3. The van der Waals surface area contributed by atoms with Crippen molar-refractivity contribution in [3.8, 4) is 0 Å². The summed E-state index contributed by atoms with van der Waals surface area (Å²) in [7, 11) is 0. The maximum absolute atomic E-state index is 11.0. The Kier molecular flexibility index (Phi) is 3.31. The highest BCUT2D eigenvalue weighted by Gasteiger charge is 2.12. The summed E-state index contributed by atoms with van der Waals surface area (Å²) in [6.07, 6.45) is 0.717. The summed E-state index contributed by atoms with van der Waals surface area (Å²) in [6.45, 7) is 3.68. The monoisotopic (exact) mass is 202 g/mol. The van der Waals surface area contributed by atoms with E-state index in [0.29, 0.717) is 11.4 Å². The lowest BCUT2D eigenvalue weighted by Gasteiger charge is -2.00. The van der Waals surface area contributed by atoms with Crippen LogP contribution in [0.5, 0.6) is 0 Å². The van der Waals surface area contributed by atoms with Gasteiger partial charge in [0.15, 0.2) is 5.76 Å². The average molecular weight is 203 g/mol. The number of aromatic nitrogens is 1. The third-order valence-corrected chi connectivity index (χ3v) is 1.90. The molecule has 0 fully saturated rings.